The van der Waals surface area contributed by atoms with Crippen molar-refractivity contribution in [2.24, 2.45) is 0 Å². The molecule has 0 aliphatic heterocycles. The van der Waals surface area contributed by atoms with Crippen molar-refractivity contribution in [2.45, 2.75) is 56.3 Å². The molecule has 0 aliphatic carbocycles. The first kappa shape index (κ1) is 17.7. The van der Waals surface area contributed by atoms with Crippen LogP contribution in [-0.2, 0) is 21.3 Å². The number of carboxylic acids is 1. The fourth-order valence-electron chi connectivity index (χ4n) is 2.14. The number of carboxylic acid groups (broad SMARTS) is 1. The molecule has 0 atom stereocenters. The summed E-state index contributed by atoms with van der Waals surface area (Å²) < 4.78 is 30.6. The minimum absolute atomic E-state index is 0.0790. The second-order valence-electron chi connectivity index (χ2n) is 5.13. The number of aryl methyl sites for hydroxylation is 1. The molecular weight excluding hydrogens is 292 g/mol. The summed E-state index contributed by atoms with van der Waals surface area (Å²) in [7, 11) is -4.11. The SMILES string of the molecule is O=C(O)CCCCCCCCc1ccc(S(=O)(=O)O)cc1. The van der Waals surface area contributed by atoms with Crippen LogP contribution in [0, 0.1) is 0 Å². The number of hydrogen-bond acceptors (Lipinski definition) is 3. The minimum atomic E-state index is -4.11. The zero-order valence-electron chi connectivity index (χ0n) is 12.0. The number of hydrogen-bond donors (Lipinski definition) is 2. The van der Waals surface area contributed by atoms with Gasteiger partial charge in [0.25, 0.3) is 10.1 Å². The van der Waals surface area contributed by atoms with E-state index in [1.54, 1.807) is 12.1 Å². The van der Waals surface area contributed by atoms with Crippen LogP contribution in [-0.4, -0.2) is 24.0 Å². The molecule has 118 valence electrons. The first-order valence-corrected chi connectivity index (χ1v) is 8.62. The van der Waals surface area contributed by atoms with Crippen LogP contribution in [0.5, 0.6) is 0 Å². The molecule has 6 heteroatoms. The van der Waals surface area contributed by atoms with E-state index in [4.69, 9.17) is 9.66 Å². The Labute approximate surface area is 125 Å². The quantitative estimate of drug-likeness (QED) is 0.511. The number of unbranched alkanes of at least 4 members (excludes halogenated alkanes) is 5. The molecule has 1 aromatic carbocycles. The average molecular weight is 314 g/mol. The third-order valence-corrected chi connectivity index (χ3v) is 4.20. The summed E-state index contributed by atoms with van der Waals surface area (Å²) in [4.78, 5) is 10.2. The van der Waals surface area contributed by atoms with Gasteiger partial charge in [0, 0.05) is 6.42 Å². The van der Waals surface area contributed by atoms with Crippen molar-refractivity contribution in [3.8, 4) is 0 Å². The Kier molecular flexibility index (Phi) is 7.39. The Bertz CT molecular complexity index is 534. The zero-order valence-corrected chi connectivity index (χ0v) is 12.8. The van der Waals surface area contributed by atoms with Crippen LogP contribution >= 0.6 is 0 Å². The zero-order chi connectivity index (χ0) is 15.7. The van der Waals surface area contributed by atoms with Crippen molar-refractivity contribution in [1.82, 2.24) is 0 Å². The third kappa shape index (κ3) is 7.82. The average Bonchev–Trinajstić information content (AvgIpc) is 2.41. The standard InChI is InChI=1S/C15H22O5S/c16-15(17)8-6-4-2-1-3-5-7-13-9-11-14(12-10-13)21(18,19)20/h9-12H,1-8H2,(H,16,17)(H,18,19,20). The Morgan fingerprint density at radius 1 is 0.905 bits per heavy atom. The lowest BCUT2D eigenvalue weighted by Crippen LogP contribution is -1.98. The molecule has 21 heavy (non-hydrogen) atoms. The van der Waals surface area contributed by atoms with E-state index < -0.39 is 16.1 Å². The summed E-state index contributed by atoms with van der Waals surface area (Å²) in [6.07, 6.45) is 7.05. The molecule has 0 aliphatic rings. The molecule has 2 N–H and O–H groups in total. The molecule has 0 spiro atoms. The first-order valence-electron chi connectivity index (χ1n) is 7.18. The number of aliphatic carboxylic acids is 1. The van der Waals surface area contributed by atoms with Gasteiger partial charge in [-0.05, 0) is 37.0 Å². The molecule has 1 rings (SSSR count). The number of carbonyl (C=O) groups is 1. The maximum Gasteiger partial charge on any atom is 0.303 e. The van der Waals surface area contributed by atoms with E-state index in [-0.39, 0.29) is 11.3 Å². The highest BCUT2D eigenvalue weighted by atomic mass is 32.2. The number of rotatable bonds is 10. The lowest BCUT2D eigenvalue weighted by atomic mass is 10.0. The molecular formula is C15H22O5S. The maximum atomic E-state index is 10.9. The summed E-state index contributed by atoms with van der Waals surface area (Å²) in [5.41, 5.74) is 1.05. The van der Waals surface area contributed by atoms with Crippen LogP contribution in [0.1, 0.15) is 50.5 Å². The molecule has 0 heterocycles. The van der Waals surface area contributed by atoms with E-state index >= 15 is 0 Å². The summed E-state index contributed by atoms with van der Waals surface area (Å²) in [6, 6.07) is 6.26. The van der Waals surface area contributed by atoms with Crippen LogP contribution in [0.2, 0.25) is 0 Å². The summed E-state index contributed by atoms with van der Waals surface area (Å²) in [6.45, 7) is 0. The van der Waals surface area contributed by atoms with E-state index in [2.05, 4.69) is 0 Å². The van der Waals surface area contributed by atoms with Crippen molar-refractivity contribution in [1.29, 1.82) is 0 Å². The van der Waals surface area contributed by atoms with E-state index in [0.717, 1.165) is 50.5 Å². The molecule has 1 aromatic rings. The smallest absolute Gasteiger partial charge is 0.303 e. The van der Waals surface area contributed by atoms with Crippen LogP contribution in [0.3, 0.4) is 0 Å². The van der Waals surface area contributed by atoms with Gasteiger partial charge in [0.05, 0.1) is 4.90 Å². The van der Waals surface area contributed by atoms with Gasteiger partial charge in [-0.15, -0.1) is 0 Å². The van der Waals surface area contributed by atoms with Gasteiger partial charge >= 0.3 is 5.97 Å². The summed E-state index contributed by atoms with van der Waals surface area (Å²) in [5.74, 6) is -0.733. The Morgan fingerprint density at radius 3 is 1.95 bits per heavy atom. The largest absolute Gasteiger partial charge is 0.481 e. The molecule has 5 nitrogen and oxygen atoms in total. The summed E-state index contributed by atoms with van der Waals surface area (Å²) in [5, 5.41) is 8.50. The van der Waals surface area contributed by atoms with Crippen LogP contribution in [0.25, 0.3) is 0 Å². The van der Waals surface area contributed by atoms with Gasteiger partial charge in [-0.1, -0.05) is 37.8 Å². The molecule has 0 saturated heterocycles. The molecule has 0 saturated carbocycles. The van der Waals surface area contributed by atoms with E-state index in [9.17, 15) is 13.2 Å². The molecule has 0 bridgehead atoms. The third-order valence-electron chi connectivity index (χ3n) is 3.33. The predicted octanol–water partition coefficient (Wildman–Crippen LogP) is 3.29. The topological polar surface area (TPSA) is 91.7 Å². The van der Waals surface area contributed by atoms with Crippen molar-refractivity contribution < 1.29 is 22.9 Å². The molecule has 0 aromatic heterocycles. The Morgan fingerprint density at radius 2 is 1.43 bits per heavy atom. The highest BCUT2D eigenvalue weighted by Gasteiger charge is 2.08. The molecule has 0 radical (unpaired) electrons. The molecule has 0 amide bonds. The van der Waals surface area contributed by atoms with E-state index in [1.165, 1.54) is 12.1 Å². The highest BCUT2D eigenvalue weighted by Crippen LogP contribution is 2.14. The fourth-order valence-corrected chi connectivity index (χ4v) is 2.62. The molecule has 0 fully saturated rings. The summed E-state index contributed by atoms with van der Waals surface area (Å²) >= 11 is 0. The minimum Gasteiger partial charge on any atom is -0.481 e. The predicted molar refractivity (Wildman–Crippen MR) is 79.9 cm³/mol. The molecule has 0 unspecified atom stereocenters. The Hall–Kier alpha value is -1.40. The second-order valence-corrected chi connectivity index (χ2v) is 6.56. The van der Waals surface area contributed by atoms with Gasteiger partial charge in [-0.25, -0.2) is 0 Å². The van der Waals surface area contributed by atoms with Crippen LogP contribution < -0.4 is 0 Å². The van der Waals surface area contributed by atoms with Crippen LogP contribution in [0.15, 0.2) is 29.2 Å². The van der Waals surface area contributed by atoms with Crippen molar-refractivity contribution in [3.05, 3.63) is 29.8 Å². The fraction of sp³-hybridized carbons (Fsp3) is 0.533. The van der Waals surface area contributed by atoms with Gasteiger partial charge in [-0.2, -0.15) is 8.42 Å². The van der Waals surface area contributed by atoms with Crippen molar-refractivity contribution >= 4 is 16.1 Å². The highest BCUT2D eigenvalue weighted by molar-refractivity contribution is 7.85. The van der Waals surface area contributed by atoms with Gasteiger partial charge in [0.2, 0.25) is 0 Å². The van der Waals surface area contributed by atoms with Crippen molar-refractivity contribution in [3.63, 3.8) is 0 Å². The van der Waals surface area contributed by atoms with Crippen molar-refractivity contribution in [2.75, 3.05) is 0 Å². The maximum absolute atomic E-state index is 10.9. The van der Waals surface area contributed by atoms with Gasteiger partial charge in [-0.3, -0.25) is 9.35 Å². The first-order chi connectivity index (χ1) is 9.89. The normalized spacial score (nSPS) is 11.5. The Balaban J connectivity index is 2.14. The van der Waals surface area contributed by atoms with Gasteiger partial charge < -0.3 is 5.11 Å². The second kappa shape index (κ2) is 8.79. The van der Waals surface area contributed by atoms with Crippen LogP contribution in [0.4, 0.5) is 0 Å². The van der Waals surface area contributed by atoms with Gasteiger partial charge in [0.1, 0.15) is 0 Å². The number of benzene rings is 1. The van der Waals surface area contributed by atoms with E-state index in [1.807, 2.05) is 0 Å². The van der Waals surface area contributed by atoms with E-state index in [0.29, 0.717) is 0 Å². The monoisotopic (exact) mass is 314 g/mol. The van der Waals surface area contributed by atoms with Gasteiger partial charge in [0.15, 0.2) is 0 Å². The lowest BCUT2D eigenvalue weighted by Gasteiger charge is -2.03. The lowest BCUT2D eigenvalue weighted by molar-refractivity contribution is -0.137.